The molecular weight excluding hydrogens is 420 g/mol. The van der Waals surface area contributed by atoms with Crippen molar-refractivity contribution in [1.82, 2.24) is 0 Å². The highest BCUT2D eigenvalue weighted by atomic mass is 16.5. The quantitative estimate of drug-likeness (QED) is 0.571. The number of benzene rings is 3. The molecule has 33 heavy (non-hydrogen) atoms. The number of Topliss-reactive ketones (excluding diaryl/α,β-unsaturated/α-hetero) is 1. The molecule has 6 heteroatoms. The molecule has 1 atom stereocenters. The maximum absolute atomic E-state index is 12.3. The zero-order chi connectivity index (χ0) is 23.1. The first-order valence-corrected chi connectivity index (χ1v) is 10.9. The molecule has 0 radical (unpaired) electrons. The van der Waals surface area contributed by atoms with Crippen molar-refractivity contribution in [2.45, 2.75) is 32.8 Å². The molecule has 2 heterocycles. The fourth-order valence-electron chi connectivity index (χ4n) is 4.78. The maximum Gasteiger partial charge on any atom is 0.304 e. The van der Waals surface area contributed by atoms with Crippen LogP contribution in [0.25, 0.3) is 11.1 Å². The Bertz CT molecular complexity index is 1280. The zero-order valence-electron chi connectivity index (χ0n) is 18.5. The summed E-state index contributed by atoms with van der Waals surface area (Å²) in [7, 11) is 0. The van der Waals surface area contributed by atoms with Gasteiger partial charge in [-0.05, 0) is 59.9 Å². The number of aryl methyl sites for hydroxylation is 1. The molecule has 0 fully saturated rings. The number of carboxylic acids is 1. The number of carbonyl (C=O) groups is 2. The van der Waals surface area contributed by atoms with Gasteiger partial charge in [0.15, 0.2) is 6.61 Å². The van der Waals surface area contributed by atoms with Crippen LogP contribution in [0.5, 0.6) is 17.2 Å². The lowest BCUT2D eigenvalue weighted by molar-refractivity contribution is -0.137. The van der Waals surface area contributed by atoms with Crippen LogP contribution in [0, 0.1) is 13.8 Å². The van der Waals surface area contributed by atoms with E-state index in [1.807, 2.05) is 56.3 Å². The second-order valence-electron chi connectivity index (χ2n) is 8.57. The molecule has 3 aromatic rings. The van der Waals surface area contributed by atoms with Crippen molar-refractivity contribution < 1.29 is 28.9 Å². The van der Waals surface area contributed by atoms with E-state index in [0.29, 0.717) is 36.0 Å². The summed E-state index contributed by atoms with van der Waals surface area (Å²) in [6, 6.07) is 15.6. The monoisotopic (exact) mass is 444 g/mol. The molecule has 2 aliphatic heterocycles. The van der Waals surface area contributed by atoms with E-state index in [2.05, 4.69) is 6.07 Å². The number of ketones is 1. The standard InChI is InChI=1S/C27H24O6/c1-15-8-24-27(22(28)14-33-24)16(2)26(15)18-5-3-4-17(9-18)12-31-20-6-7-21-19(10-25(29)30)13-32-23(21)11-20/h3-9,11,19H,10,12-14H2,1-2H3,(H,29,30)/t19-/m1/s1. The molecule has 168 valence electrons. The van der Waals surface area contributed by atoms with Crippen LogP contribution < -0.4 is 14.2 Å². The molecule has 3 aromatic carbocycles. The summed E-state index contributed by atoms with van der Waals surface area (Å²) in [6.07, 6.45) is 0.0548. The van der Waals surface area contributed by atoms with Gasteiger partial charge in [-0.15, -0.1) is 0 Å². The minimum absolute atomic E-state index is 0.0210. The average molecular weight is 444 g/mol. The number of ether oxygens (including phenoxy) is 3. The molecule has 0 aliphatic carbocycles. The first-order valence-electron chi connectivity index (χ1n) is 10.9. The fraction of sp³-hybridized carbons (Fsp3) is 0.259. The maximum atomic E-state index is 12.3. The number of carboxylic acid groups (broad SMARTS) is 1. The number of rotatable bonds is 6. The van der Waals surface area contributed by atoms with Crippen LogP contribution in [0.3, 0.4) is 0 Å². The van der Waals surface area contributed by atoms with Gasteiger partial charge in [0.2, 0.25) is 5.78 Å². The molecule has 0 amide bonds. The van der Waals surface area contributed by atoms with Gasteiger partial charge in [0.05, 0.1) is 18.6 Å². The molecule has 0 saturated carbocycles. The Labute approximate surface area is 191 Å². The Balaban J connectivity index is 1.35. The SMILES string of the molecule is Cc1cc2c(c(C)c1-c1cccc(COc3ccc4c(c3)OC[C@H]4CC(=O)O)c1)C(=O)CO2. The summed E-state index contributed by atoms with van der Waals surface area (Å²) >= 11 is 0. The molecule has 0 bridgehead atoms. The van der Waals surface area contributed by atoms with E-state index in [4.69, 9.17) is 19.3 Å². The Kier molecular flexibility index (Phi) is 5.29. The summed E-state index contributed by atoms with van der Waals surface area (Å²) in [6.45, 7) is 4.85. The van der Waals surface area contributed by atoms with Crippen molar-refractivity contribution in [1.29, 1.82) is 0 Å². The summed E-state index contributed by atoms with van der Waals surface area (Å²) < 4.78 is 17.2. The van der Waals surface area contributed by atoms with E-state index in [9.17, 15) is 9.59 Å². The van der Waals surface area contributed by atoms with Crippen LogP contribution in [-0.2, 0) is 11.4 Å². The number of hydrogen-bond donors (Lipinski definition) is 1. The molecule has 0 aromatic heterocycles. The van der Waals surface area contributed by atoms with E-state index in [1.165, 1.54) is 0 Å². The van der Waals surface area contributed by atoms with Crippen LogP contribution in [0.2, 0.25) is 0 Å². The Morgan fingerprint density at radius 2 is 1.91 bits per heavy atom. The molecule has 1 N–H and O–H groups in total. The minimum atomic E-state index is -0.831. The minimum Gasteiger partial charge on any atom is -0.492 e. The number of fused-ring (bicyclic) bond motifs is 2. The molecule has 5 rings (SSSR count). The Hall–Kier alpha value is -3.80. The van der Waals surface area contributed by atoms with E-state index in [1.54, 1.807) is 0 Å². The van der Waals surface area contributed by atoms with Crippen molar-refractivity contribution >= 4 is 11.8 Å². The predicted octanol–water partition coefficient (Wildman–Crippen LogP) is 5.08. The lowest BCUT2D eigenvalue weighted by atomic mass is 9.90. The summed E-state index contributed by atoms with van der Waals surface area (Å²) in [5.74, 6) is 1.09. The summed E-state index contributed by atoms with van der Waals surface area (Å²) in [5.41, 5.74) is 6.67. The van der Waals surface area contributed by atoms with Crippen molar-refractivity contribution in [3.05, 3.63) is 76.3 Å². The van der Waals surface area contributed by atoms with E-state index in [-0.39, 0.29) is 24.7 Å². The molecule has 0 spiro atoms. The van der Waals surface area contributed by atoms with Crippen molar-refractivity contribution in [2.75, 3.05) is 13.2 Å². The highest BCUT2D eigenvalue weighted by Gasteiger charge is 2.27. The molecule has 0 unspecified atom stereocenters. The van der Waals surface area contributed by atoms with Gasteiger partial charge in [0.25, 0.3) is 0 Å². The van der Waals surface area contributed by atoms with Crippen LogP contribution in [0.4, 0.5) is 0 Å². The Morgan fingerprint density at radius 3 is 2.73 bits per heavy atom. The number of hydrogen-bond acceptors (Lipinski definition) is 5. The van der Waals surface area contributed by atoms with Crippen LogP contribution >= 0.6 is 0 Å². The third-order valence-corrected chi connectivity index (χ3v) is 6.28. The van der Waals surface area contributed by atoms with Gasteiger partial charge in [-0.3, -0.25) is 9.59 Å². The van der Waals surface area contributed by atoms with Crippen LogP contribution in [0.1, 0.15) is 45.0 Å². The van der Waals surface area contributed by atoms with Gasteiger partial charge >= 0.3 is 5.97 Å². The largest absolute Gasteiger partial charge is 0.492 e. The zero-order valence-corrected chi connectivity index (χ0v) is 18.5. The van der Waals surface area contributed by atoms with Crippen molar-refractivity contribution in [3.8, 4) is 28.4 Å². The van der Waals surface area contributed by atoms with Gasteiger partial charge in [0.1, 0.15) is 23.9 Å². The van der Waals surface area contributed by atoms with Crippen molar-refractivity contribution in [2.24, 2.45) is 0 Å². The van der Waals surface area contributed by atoms with Crippen molar-refractivity contribution in [3.63, 3.8) is 0 Å². The normalized spacial score (nSPS) is 16.1. The highest BCUT2D eigenvalue weighted by molar-refractivity contribution is 6.05. The third-order valence-electron chi connectivity index (χ3n) is 6.28. The number of aliphatic carboxylic acids is 1. The van der Waals surface area contributed by atoms with Gasteiger partial charge < -0.3 is 19.3 Å². The first-order chi connectivity index (χ1) is 15.9. The lowest BCUT2D eigenvalue weighted by Crippen LogP contribution is -2.07. The summed E-state index contributed by atoms with van der Waals surface area (Å²) in [5, 5.41) is 9.06. The molecule has 0 saturated heterocycles. The predicted molar refractivity (Wildman–Crippen MR) is 122 cm³/mol. The van der Waals surface area contributed by atoms with Crippen LogP contribution in [-0.4, -0.2) is 30.1 Å². The van der Waals surface area contributed by atoms with E-state index >= 15 is 0 Å². The van der Waals surface area contributed by atoms with Gasteiger partial charge in [-0.1, -0.05) is 24.3 Å². The Morgan fingerprint density at radius 1 is 1.06 bits per heavy atom. The first kappa shape index (κ1) is 21.1. The second kappa shape index (κ2) is 8.28. The second-order valence-corrected chi connectivity index (χ2v) is 8.57. The van der Waals surface area contributed by atoms with Gasteiger partial charge in [-0.25, -0.2) is 0 Å². The molecule has 6 nitrogen and oxygen atoms in total. The highest BCUT2D eigenvalue weighted by Crippen LogP contribution is 2.39. The summed E-state index contributed by atoms with van der Waals surface area (Å²) in [4.78, 5) is 23.3. The van der Waals surface area contributed by atoms with E-state index < -0.39 is 5.97 Å². The fourth-order valence-corrected chi connectivity index (χ4v) is 4.78. The number of carbonyl (C=O) groups excluding carboxylic acids is 1. The molecule has 2 aliphatic rings. The van der Waals surface area contributed by atoms with Gasteiger partial charge in [0, 0.05) is 17.5 Å². The topological polar surface area (TPSA) is 82.1 Å². The smallest absolute Gasteiger partial charge is 0.304 e. The molecular formula is C27H24O6. The third kappa shape index (κ3) is 3.93. The van der Waals surface area contributed by atoms with E-state index in [0.717, 1.165) is 33.4 Å². The van der Waals surface area contributed by atoms with Gasteiger partial charge in [-0.2, -0.15) is 0 Å². The average Bonchev–Trinajstić information content (AvgIpc) is 3.35. The van der Waals surface area contributed by atoms with Crippen LogP contribution in [0.15, 0.2) is 48.5 Å². The lowest BCUT2D eigenvalue weighted by Gasteiger charge is -2.15.